The number of amides is 1. The number of nitrogens with zero attached hydrogens (tertiary/aromatic N) is 1. The number of ether oxygens (including phenoxy) is 1. The second-order valence-corrected chi connectivity index (χ2v) is 5.48. The molecular formula is C16H17ClN2O3. The van der Waals surface area contributed by atoms with Crippen LogP contribution in [0.3, 0.4) is 0 Å². The van der Waals surface area contributed by atoms with E-state index in [9.17, 15) is 9.59 Å². The van der Waals surface area contributed by atoms with Gasteiger partial charge in [-0.15, -0.1) is 0 Å². The van der Waals surface area contributed by atoms with E-state index in [1.54, 1.807) is 7.05 Å². The van der Waals surface area contributed by atoms with E-state index in [2.05, 4.69) is 4.98 Å². The summed E-state index contributed by atoms with van der Waals surface area (Å²) in [6.07, 6.45) is 1.48. The second kappa shape index (κ2) is 7.13. The number of aromatic nitrogens is 1. The Kier molecular flexibility index (Phi) is 5.22. The van der Waals surface area contributed by atoms with Crippen molar-refractivity contribution in [3.63, 3.8) is 0 Å². The molecule has 1 N–H and O–H groups in total. The van der Waals surface area contributed by atoms with Crippen LogP contribution in [-0.4, -0.2) is 35.4 Å². The largest absolute Gasteiger partial charge is 0.451 e. The molecule has 0 saturated heterocycles. The maximum Gasteiger partial charge on any atom is 0.355 e. The third-order valence-electron chi connectivity index (χ3n) is 3.16. The second-order valence-electron chi connectivity index (χ2n) is 5.04. The molecule has 0 spiro atoms. The Hall–Kier alpha value is -2.27. The van der Waals surface area contributed by atoms with Gasteiger partial charge < -0.3 is 14.6 Å². The van der Waals surface area contributed by atoms with Crippen LogP contribution in [0, 0.1) is 6.92 Å². The summed E-state index contributed by atoms with van der Waals surface area (Å²) in [6, 6.07) is 9.35. The predicted octanol–water partition coefficient (Wildman–Crippen LogP) is 2.79. The zero-order valence-electron chi connectivity index (χ0n) is 12.4. The molecule has 1 amide bonds. The van der Waals surface area contributed by atoms with E-state index in [-0.39, 0.29) is 18.2 Å². The fraction of sp³-hybridized carbons (Fsp3) is 0.250. The molecule has 1 aromatic carbocycles. The van der Waals surface area contributed by atoms with E-state index >= 15 is 0 Å². The fourth-order valence-corrected chi connectivity index (χ4v) is 2.02. The number of benzene rings is 1. The fourth-order valence-electron chi connectivity index (χ4n) is 1.86. The Balaban J connectivity index is 1.83. The van der Waals surface area contributed by atoms with E-state index in [4.69, 9.17) is 16.3 Å². The number of aryl methyl sites for hydroxylation is 1. The van der Waals surface area contributed by atoms with Gasteiger partial charge >= 0.3 is 5.97 Å². The van der Waals surface area contributed by atoms with Crippen molar-refractivity contribution in [3.05, 3.63) is 58.4 Å². The minimum atomic E-state index is -0.607. The van der Waals surface area contributed by atoms with Gasteiger partial charge in [-0.2, -0.15) is 0 Å². The van der Waals surface area contributed by atoms with E-state index in [1.807, 2.05) is 31.2 Å². The van der Waals surface area contributed by atoms with Crippen molar-refractivity contribution >= 4 is 23.5 Å². The molecule has 0 aliphatic carbocycles. The molecule has 0 unspecified atom stereocenters. The molecule has 0 fully saturated rings. The molecule has 0 aliphatic rings. The maximum atomic E-state index is 12.0. The molecule has 2 rings (SSSR count). The number of aromatic amines is 1. The van der Waals surface area contributed by atoms with Gasteiger partial charge in [-0.1, -0.05) is 41.4 Å². The number of hydrogen-bond donors (Lipinski definition) is 1. The van der Waals surface area contributed by atoms with Gasteiger partial charge in [0.15, 0.2) is 6.61 Å². The topological polar surface area (TPSA) is 62.4 Å². The number of nitrogens with one attached hydrogen (secondary N) is 1. The minimum Gasteiger partial charge on any atom is -0.451 e. The summed E-state index contributed by atoms with van der Waals surface area (Å²) in [4.78, 5) is 27.9. The van der Waals surface area contributed by atoms with Gasteiger partial charge in [0.1, 0.15) is 5.69 Å². The van der Waals surface area contributed by atoms with Crippen LogP contribution in [0.4, 0.5) is 0 Å². The highest BCUT2D eigenvalue weighted by atomic mass is 35.5. The number of carbonyl (C=O) groups is 2. The van der Waals surface area contributed by atoms with E-state index in [0.717, 1.165) is 11.1 Å². The van der Waals surface area contributed by atoms with Crippen LogP contribution in [0.5, 0.6) is 0 Å². The average molecular weight is 321 g/mol. The molecule has 0 radical (unpaired) electrons. The molecule has 2 aromatic rings. The first-order valence-electron chi connectivity index (χ1n) is 6.76. The summed E-state index contributed by atoms with van der Waals surface area (Å²) < 4.78 is 4.96. The molecular weight excluding hydrogens is 304 g/mol. The first kappa shape index (κ1) is 16.1. The minimum absolute atomic E-state index is 0.221. The number of esters is 1. The van der Waals surface area contributed by atoms with Gasteiger partial charge in [0.25, 0.3) is 5.91 Å². The monoisotopic (exact) mass is 320 g/mol. The highest BCUT2D eigenvalue weighted by Gasteiger charge is 2.15. The van der Waals surface area contributed by atoms with Crippen molar-refractivity contribution in [2.75, 3.05) is 13.7 Å². The zero-order valence-corrected chi connectivity index (χ0v) is 13.2. The molecule has 22 heavy (non-hydrogen) atoms. The summed E-state index contributed by atoms with van der Waals surface area (Å²) in [6.45, 7) is 2.16. The lowest BCUT2D eigenvalue weighted by Gasteiger charge is -2.17. The molecule has 0 aliphatic heterocycles. The SMILES string of the molecule is Cc1ccc(CN(C)C(=O)COC(=O)c2cc(Cl)c[nH]2)cc1. The van der Waals surface area contributed by atoms with E-state index in [0.29, 0.717) is 11.6 Å². The van der Waals surface area contributed by atoms with Crippen LogP contribution < -0.4 is 0 Å². The van der Waals surface area contributed by atoms with Gasteiger partial charge in [-0.25, -0.2) is 4.79 Å². The van der Waals surface area contributed by atoms with Crippen LogP contribution in [0.25, 0.3) is 0 Å². The van der Waals surface area contributed by atoms with Crippen LogP contribution in [-0.2, 0) is 16.1 Å². The van der Waals surface area contributed by atoms with Crippen LogP contribution in [0.1, 0.15) is 21.6 Å². The van der Waals surface area contributed by atoms with Crippen LogP contribution in [0.15, 0.2) is 36.5 Å². The molecule has 5 nitrogen and oxygen atoms in total. The summed E-state index contributed by atoms with van der Waals surface area (Å²) >= 11 is 5.70. The Morgan fingerprint density at radius 3 is 2.55 bits per heavy atom. The quantitative estimate of drug-likeness (QED) is 0.862. The third kappa shape index (κ3) is 4.36. The third-order valence-corrected chi connectivity index (χ3v) is 3.38. The normalized spacial score (nSPS) is 10.3. The molecule has 0 saturated carbocycles. The first-order valence-corrected chi connectivity index (χ1v) is 7.14. The standard InChI is InChI=1S/C16H17ClN2O3/c1-11-3-5-12(6-4-11)9-19(2)15(20)10-22-16(21)14-7-13(17)8-18-14/h3-8,18H,9-10H2,1-2H3. The molecule has 6 heteroatoms. The number of carbonyl (C=O) groups excluding carboxylic acids is 2. The first-order chi connectivity index (χ1) is 10.5. The number of likely N-dealkylation sites (N-methyl/N-ethyl adjacent to an activating group) is 1. The molecule has 1 heterocycles. The van der Waals surface area contributed by atoms with Gasteiger partial charge in [0, 0.05) is 19.8 Å². The summed E-state index contributed by atoms with van der Waals surface area (Å²) in [5, 5.41) is 0.412. The average Bonchev–Trinajstić information content (AvgIpc) is 2.93. The Morgan fingerprint density at radius 2 is 1.95 bits per heavy atom. The highest BCUT2D eigenvalue weighted by Crippen LogP contribution is 2.10. The van der Waals surface area contributed by atoms with E-state index < -0.39 is 5.97 Å². The molecule has 0 atom stereocenters. The molecule has 0 bridgehead atoms. The lowest BCUT2D eigenvalue weighted by atomic mass is 10.1. The van der Waals surface area contributed by atoms with Gasteiger partial charge in [-0.05, 0) is 18.6 Å². The van der Waals surface area contributed by atoms with Gasteiger partial charge in [0.05, 0.1) is 5.02 Å². The predicted molar refractivity (Wildman–Crippen MR) is 83.7 cm³/mol. The maximum absolute atomic E-state index is 12.0. The van der Waals surface area contributed by atoms with Crippen molar-refractivity contribution < 1.29 is 14.3 Å². The van der Waals surface area contributed by atoms with Crippen molar-refractivity contribution in [2.24, 2.45) is 0 Å². The van der Waals surface area contributed by atoms with Gasteiger partial charge in [0.2, 0.25) is 0 Å². The van der Waals surface area contributed by atoms with Crippen molar-refractivity contribution in [1.29, 1.82) is 0 Å². The highest BCUT2D eigenvalue weighted by molar-refractivity contribution is 6.30. The van der Waals surface area contributed by atoms with E-state index in [1.165, 1.54) is 17.2 Å². The van der Waals surface area contributed by atoms with Crippen molar-refractivity contribution in [1.82, 2.24) is 9.88 Å². The van der Waals surface area contributed by atoms with Crippen molar-refractivity contribution in [3.8, 4) is 0 Å². The van der Waals surface area contributed by atoms with Crippen molar-refractivity contribution in [2.45, 2.75) is 13.5 Å². The van der Waals surface area contributed by atoms with Gasteiger partial charge in [-0.3, -0.25) is 4.79 Å². The number of hydrogen-bond acceptors (Lipinski definition) is 3. The van der Waals surface area contributed by atoms with Crippen LogP contribution in [0.2, 0.25) is 5.02 Å². The number of H-pyrrole nitrogens is 1. The summed E-state index contributed by atoms with van der Waals surface area (Å²) in [5.74, 6) is -0.879. The Labute approximate surface area is 133 Å². The summed E-state index contributed by atoms with van der Waals surface area (Å²) in [7, 11) is 1.67. The van der Waals surface area contributed by atoms with Crippen LogP contribution >= 0.6 is 11.6 Å². The summed E-state index contributed by atoms with van der Waals surface area (Å²) in [5.41, 5.74) is 2.40. The lowest BCUT2D eigenvalue weighted by molar-refractivity contribution is -0.133. The molecule has 116 valence electrons. The zero-order chi connectivity index (χ0) is 16.1. The number of halogens is 1. The smallest absolute Gasteiger partial charge is 0.355 e. The Morgan fingerprint density at radius 1 is 1.27 bits per heavy atom. The lowest BCUT2D eigenvalue weighted by Crippen LogP contribution is -2.30. The number of rotatable bonds is 5. The Bertz CT molecular complexity index is 664. The molecule has 1 aromatic heterocycles.